The number of hydrogen-bond acceptors (Lipinski definition) is 4. The summed E-state index contributed by atoms with van der Waals surface area (Å²) < 4.78 is 6.11. The van der Waals surface area contributed by atoms with Crippen LogP contribution < -0.4 is 4.74 Å². The molecule has 0 saturated carbocycles. The van der Waals surface area contributed by atoms with Gasteiger partial charge in [-0.15, -0.1) is 0 Å². The fraction of sp³-hybridized carbons (Fsp3) is 0.167. The van der Waals surface area contributed by atoms with Gasteiger partial charge in [0, 0.05) is 27.7 Å². The highest BCUT2D eigenvalue weighted by atomic mass is 35.5. The summed E-state index contributed by atoms with van der Waals surface area (Å²) >= 11 is 13.2. The Morgan fingerprint density at radius 1 is 1.06 bits per heavy atom. The Bertz CT molecular complexity index is 1210. The van der Waals surface area contributed by atoms with E-state index in [2.05, 4.69) is 0 Å². The van der Waals surface area contributed by atoms with Gasteiger partial charge in [0.05, 0.1) is 4.91 Å². The molecule has 1 saturated heterocycles. The first kappa shape index (κ1) is 21.8. The number of hydrogen-bond donors (Lipinski definition) is 0. The van der Waals surface area contributed by atoms with Crippen LogP contribution in [0.5, 0.6) is 5.75 Å². The highest BCUT2D eigenvalue weighted by molar-refractivity contribution is 8.18. The third kappa shape index (κ3) is 4.59. The van der Waals surface area contributed by atoms with Gasteiger partial charge in [-0.05, 0) is 53.2 Å². The lowest BCUT2D eigenvalue weighted by Gasteiger charge is -2.14. The average Bonchev–Trinajstić information content (AvgIpc) is 3.02. The number of halogens is 2. The molecule has 31 heavy (non-hydrogen) atoms. The molecule has 158 valence electrons. The molecule has 0 unspecified atom stereocenters. The summed E-state index contributed by atoms with van der Waals surface area (Å²) in [6, 6.07) is 16.9. The van der Waals surface area contributed by atoms with Gasteiger partial charge in [0.15, 0.2) is 0 Å². The summed E-state index contributed by atoms with van der Waals surface area (Å²) in [7, 11) is 0. The maximum absolute atomic E-state index is 12.8. The third-order valence-corrected chi connectivity index (χ3v) is 6.42. The number of carbonyl (C=O) groups excluding carboxylic acids is 2. The highest BCUT2D eigenvalue weighted by Gasteiger charge is 2.34. The van der Waals surface area contributed by atoms with Crippen molar-refractivity contribution in [2.45, 2.75) is 20.0 Å². The van der Waals surface area contributed by atoms with Gasteiger partial charge in [0.2, 0.25) is 0 Å². The predicted octanol–water partition coefficient (Wildman–Crippen LogP) is 7.17. The van der Waals surface area contributed by atoms with Gasteiger partial charge >= 0.3 is 0 Å². The van der Waals surface area contributed by atoms with E-state index in [-0.39, 0.29) is 17.8 Å². The van der Waals surface area contributed by atoms with Crippen molar-refractivity contribution in [2.75, 3.05) is 6.54 Å². The lowest BCUT2D eigenvalue weighted by atomic mass is 10.0. The Labute approximate surface area is 194 Å². The van der Waals surface area contributed by atoms with Crippen LogP contribution >= 0.6 is 35.0 Å². The summed E-state index contributed by atoms with van der Waals surface area (Å²) in [6.07, 6.45) is 2.47. The lowest BCUT2D eigenvalue weighted by molar-refractivity contribution is -0.122. The second-order valence-electron chi connectivity index (χ2n) is 7.06. The fourth-order valence-electron chi connectivity index (χ4n) is 3.39. The molecular formula is C24H19Cl2NO3S. The summed E-state index contributed by atoms with van der Waals surface area (Å²) in [4.78, 5) is 26.7. The Kier molecular flexibility index (Phi) is 6.56. The van der Waals surface area contributed by atoms with Crippen LogP contribution in [0.2, 0.25) is 10.0 Å². The van der Waals surface area contributed by atoms with E-state index < -0.39 is 0 Å². The van der Waals surface area contributed by atoms with Crippen molar-refractivity contribution in [3.63, 3.8) is 0 Å². The average molecular weight is 472 g/mol. The molecule has 0 radical (unpaired) electrons. The second kappa shape index (κ2) is 9.35. The first-order valence-corrected chi connectivity index (χ1v) is 11.4. The Morgan fingerprint density at radius 3 is 2.65 bits per heavy atom. The van der Waals surface area contributed by atoms with Crippen molar-refractivity contribution in [1.29, 1.82) is 0 Å². The smallest absolute Gasteiger partial charge is 0.293 e. The molecule has 1 fully saturated rings. The number of carbonyl (C=O) groups is 2. The van der Waals surface area contributed by atoms with E-state index in [9.17, 15) is 9.59 Å². The van der Waals surface area contributed by atoms with E-state index in [1.807, 2.05) is 49.4 Å². The minimum absolute atomic E-state index is 0.242. The van der Waals surface area contributed by atoms with Crippen LogP contribution in [-0.4, -0.2) is 22.6 Å². The highest BCUT2D eigenvalue weighted by Crippen LogP contribution is 2.37. The van der Waals surface area contributed by atoms with E-state index in [1.165, 1.54) is 4.90 Å². The number of thioether (sulfide) groups is 1. The molecule has 1 heterocycles. The van der Waals surface area contributed by atoms with Crippen molar-refractivity contribution < 1.29 is 14.3 Å². The Balaban J connectivity index is 1.73. The minimum Gasteiger partial charge on any atom is -0.488 e. The standard InChI is InChI=1S/C24H19Cl2NO3S/c1-2-11-27-23(28)22(31-24(27)29)13-19-18-6-4-3-5-15(18)8-10-21(19)30-14-16-7-9-17(25)12-20(16)26/h3-10,12-13H,2,11,14H2,1H3/b22-13+. The van der Waals surface area contributed by atoms with Gasteiger partial charge < -0.3 is 4.74 Å². The van der Waals surface area contributed by atoms with Gasteiger partial charge in [-0.2, -0.15) is 0 Å². The van der Waals surface area contributed by atoms with Crippen molar-refractivity contribution in [1.82, 2.24) is 4.90 Å². The quantitative estimate of drug-likeness (QED) is 0.357. The van der Waals surface area contributed by atoms with Crippen molar-refractivity contribution in [2.24, 2.45) is 0 Å². The molecular weight excluding hydrogens is 453 g/mol. The Hall–Kier alpha value is -2.47. The van der Waals surface area contributed by atoms with E-state index >= 15 is 0 Å². The maximum atomic E-state index is 12.8. The van der Waals surface area contributed by atoms with Crippen LogP contribution in [0.4, 0.5) is 4.79 Å². The minimum atomic E-state index is -0.267. The molecule has 3 aromatic rings. The van der Waals surface area contributed by atoms with Crippen LogP contribution in [0.25, 0.3) is 16.8 Å². The maximum Gasteiger partial charge on any atom is 0.293 e. The fourth-order valence-corrected chi connectivity index (χ4v) is 4.70. The van der Waals surface area contributed by atoms with Crippen LogP contribution in [0.1, 0.15) is 24.5 Å². The molecule has 7 heteroatoms. The zero-order valence-electron chi connectivity index (χ0n) is 16.7. The van der Waals surface area contributed by atoms with E-state index in [4.69, 9.17) is 27.9 Å². The number of amides is 2. The molecule has 4 rings (SSSR count). The van der Waals surface area contributed by atoms with Gasteiger partial charge in [-0.1, -0.05) is 66.5 Å². The number of rotatable bonds is 6. The number of benzene rings is 3. The van der Waals surface area contributed by atoms with Crippen LogP contribution in [0.15, 0.2) is 59.5 Å². The van der Waals surface area contributed by atoms with Crippen molar-refractivity contribution in [3.05, 3.63) is 80.7 Å². The third-order valence-electron chi connectivity index (χ3n) is 4.93. The molecule has 2 amide bonds. The SMILES string of the molecule is CCCN1C(=O)S/C(=C/c2c(OCc3ccc(Cl)cc3Cl)ccc3ccccc23)C1=O. The van der Waals surface area contributed by atoms with Crippen molar-refractivity contribution in [3.8, 4) is 5.75 Å². The molecule has 0 atom stereocenters. The summed E-state index contributed by atoms with van der Waals surface area (Å²) in [5.74, 6) is 0.337. The van der Waals surface area contributed by atoms with Gasteiger partial charge in [0.1, 0.15) is 12.4 Å². The van der Waals surface area contributed by atoms with Crippen molar-refractivity contribution >= 4 is 63.0 Å². The van der Waals surface area contributed by atoms with Crippen LogP contribution in [0, 0.1) is 0 Å². The lowest BCUT2D eigenvalue weighted by Crippen LogP contribution is -2.28. The first-order chi connectivity index (χ1) is 15.0. The van der Waals surface area contributed by atoms with E-state index in [0.29, 0.717) is 27.2 Å². The molecule has 0 aliphatic carbocycles. The summed E-state index contributed by atoms with van der Waals surface area (Å²) in [5.41, 5.74) is 1.55. The largest absolute Gasteiger partial charge is 0.488 e. The molecule has 3 aromatic carbocycles. The van der Waals surface area contributed by atoms with Crippen LogP contribution in [-0.2, 0) is 11.4 Å². The van der Waals surface area contributed by atoms with Gasteiger partial charge in [-0.3, -0.25) is 14.5 Å². The monoisotopic (exact) mass is 471 g/mol. The van der Waals surface area contributed by atoms with E-state index in [0.717, 1.165) is 40.1 Å². The normalized spacial score (nSPS) is 15.3. The second-order valence-corrected chi connectivity index (χ2v) is 8.89. The molecule has 4 nitrogen and oxygen atoms in total. The molecule has 0 bridgehead atoms. The number of imide groups is 1. The molecule has 0 aromatic heterocycles. The molecule has 1 aliphatic heterocycles. The molecule has 1 aliphatic rings. The van der Waals surface area contributed by atoms with Crippen LogP contribution in [0.3, 0.4) is 0 Å². The first-order valence-electron chi connectivity index (χ1n) is 9.81. The topological polar surface area (TPSA) is 46.6 Å². The molecule has 0 spiro atoms. The zero-order valence-corrected chi connectivity index (χ0v) is 19.1. The summed E-state index contributed by atoms with van der Waals surface area (Å²) in [6.45, 7) is 2.59. The van der Waals surface area contributed by atoms with Gasteiger partial charge in [0.25, 0.3) is 11.1 Å². The summed E-state index contributed by atoms with van der Waals surface area (Å²) in [5, 5.41) is 2.79. The van der Waals surface area contributed by atoms with Gasteiger partial charge in [-0.25, -0.2) is 0 Å². The predicted molar refractivity (Wildman–Crippen MR) is 128 cm³/mol. The number of fused-ring (bicyclic) bond motifs is 1. The Morgan fingerprint density at radius 2 is 1.87 bits per heavy atom. The zero-order chi connectivity index (χ0) is 22.0. The van der Waals surface area contributed by atoms with E-state index in [1.54, 1.807) is 18.2 Å². The molecule has 0 N–H and O–H groups in total. The number of ether oxygens (including phenoxy) is 1. The number of nitrogens with zero attached hydrogens (tertiary/aromatic N) is 1.